The molecule has 0 aromatic carbocycles. The molecule has 2 rings (SSSR count). The maximum absolute atomic E-state index is 12.2. The van der Waals surface area contributed by atoms with Crippen LogP contribution in [0, 0.1) is 11.8 Å². The molecule has 1 unspecified atom stereocenters. The maximum atomic E-state index is 12.2. The minimum absolute atomic E-state index is 0.0653. The first-order valence-electron chi connectivity index (χ1n) is 6.05. The lowest BCUT2D eigenvalue weighted by Crippen LogP contribution is -2.49. The molecule has 2 fully saturated rings. The maximum Gasteiger partial charge on any atom is 0.326 e. The highest BCUT2D eigenvalue weighted by molar-refractivity contribution is 5.86. The summed E-state index contributed by atoms with van der Waals surface area (Å²) in [5.74, 6) is -0.129. The van der Waals surface area contributed by atoms with Crippen molar-refractivity contribution in [2.24, 2.45) is 11.8 Å². The lowest BCUT2D eigenvalue weighted by molar-refractivity contribution is -0.154. The second-order valence-electron chi connectivity index (χ2n) is 5.26. The van der Waals surface area contributed by atoms with E-state index in [0.29, 0.717) is 5.92 Å². The molecule has 0 spiro atoms. The second kappa shape index (κ2) is 4.07. The molecule has 0 aliphatic heterocycles. The van der Waals surface area contributed by atoms with Crippen LogP contribution in [-0.2, 0) is 9.59 Å². The first kappa shape index (κ1) is 11.4. The minimum Gasteiger partial charge on any atom is -0.480 e. The van der Waals surface area contributed by atoms with E-state index in [0.717, 1.165) is 25.7 Å². The summed E-state index contributed by atoms with van der Waals surface area (Å²) in [4.78, 5) is 24.7. The number of hydrogen-bond donors (Lipinski definition) is 1. The van der Waals surface area contributed by atoms with E-state index in [4.69, 9.17) is 5.11 Å². The van der Waals surface area contributed by atoms with Gasteiger partial charge in [0.25, 0.3) is 0 Å². The number of nitrogens with zero attached hydrogens (tertiary/aromatic N) is 1. The van der Waals surface area contributed by atoms with Crippen LogP contribution in [0.15, 0.2) is 0 Å². The van der Waals surface area contributed by atoms with E-state index >= 15 is 0 Å². The van der Waals surface area contributed by atoms with Gasteiger partial charge in [0.15, 0.2) is 0 Å². The summed E-state index contributed by atoms with van der Waals surface area (Å²) < 4.78 is 0. The van der Waals surface area contributed by atoms with Crippen molar-refractivity contribution in [1.29, 1.82) is 0 Å². The van der Waals surface area contributed by atoms with Crippen molar-refractivity contribution in [3.63, 3.8) is 0 Å². The largest absolute Gasteiger partial charge is 0.480 e. The summed E-state index contributed by atoms with van der Waals surface area (Å²) >= 11 is 0. The summed E-state index contributed by atoms with van der Waals surface area (Å²) in [6, 6.07) is -0.481. The quantitative estimate of drug-likeness (QED) is 0.788. The van der Waals surface area contributed by atoms with E-state index in [2.05, 4.69) is 6.92 Å². The molecule has 1 N–H and O–H groups in total. The molecule has 1 amide bonds. The Balaban J connectivity index is 2.01. The van der Waals surface area contributed by atoms with Crippen LogP contribution in [-0.4, -0.2) is 34.0 Å². The summed E-state index contributed by atoms with van der Waals surface area (Å²) in [7, 11) is 0. The summed E-state index contributed by atoms with van der Waals surface area (Å²) in [5, 5.41) is 9.01. The molecule has 0 bridgehead atoms. The third kappa shape index (κ3) is 2.06. The van der Waals surface area contributed by atoms with E-state index in [9.17, 15) is 9.59 Å². The lowest BCUT2D eigenvalue weighted by Gasteiger charge is -2.37. The van der Waals surface area contributed by atoms with Crippen molar-refractivity contribution in [2.75, 3.05) is 0 Å². The van der Waals surface area contributed by atoms with Crippen molar-refractivity contribution in [3.05, 3.63) is 0 Å². The van der Waals surface area contributed by atoms with Gasteiger partial charge in [-0.3, -0.25) is 4.79 Å². The van der Waals surface area contributed by atoms with Gasteiger partial charge in [-0.1, -0.05) is 6.92 Å². The highest BCUT2D eigenvalue weighted by Crippen LogP contribution is 2.38. The Morgan fingerprint density at radius 2 is 1.88 bits per heavy atom. The van der Waals surface area contributed by atoms with Gasteiger partial charge in [-0.05, 0) is 38.5 Å². The van der Waals surface area contributed by atoms with Gasteiger partial charge < -0.3 is 10.0 Å². The number of amides is 1. The van der Waals surface area contributed by atoms with Crippen LogP contribution < -0.4 is 0 Å². The number of carbonyl (C=O) groups is 2. The minimum atomic E-state index is -0.896. The number of carboxylic acid groups (broad SMARTS) is 1. The Hall–Kier alpha value is -1.06. The average Bonchev–Trinajstić information content (AvgIpc) is 2.96. The highest BCUT2D eigenvalue weighted by Gasteiger charge is 2.43. The fraction of sp³-hybridized carbons (Fsp3) is 0.833. The Morgan fingerprint density at radius 3 is 2.25 bits per heavy atom. The van der Waals surface area contributed by atoms with E-state index < -0.39 is 12.0 Å². The van der Waals surface area contributed by atoms with Crippen LogP contribution in [0.5, 0.6) is 0 Å². The van der Waals surface area contributed by atoms with Crippen molar-refractivity contribution in [3.8, 4) is 0 Å². The monoisotopic (exact) mass is 225 g/mol. The zero-order valence-corrected chi connectivity index (χ0v) is 9.85. The van der Waals surface area contributed by atoms with Crippen molar-refractivity contribution >= 4 is 11.9 Å². The first-order chi connectivity index (χ1) is 7.50. The van der Waals surface area contributed by atoms with Gasteiger partial charge in [0.1, 0.15) is 6.04 Å². The standard InChI is InChI=1S/C12H19NO3/c1-7-5-9(6-7)11(14)13(10-3-4-10)8(2)12(15)16/h7-10H,3-6H2,1-2H3,(H,15,16). The van der Waals surface area contributed by atoms with Crippen molar-refractivity contribution < 1.29 is 14.7 Å². The predicted molar refractivity (Wildman–Crippen MR) is 58.9 cm³/mol. The fourth-order valence-electron chi connectivity index (χ4n) is 2.47. The van der Waals surface area contributed by atoms with Gasteiger partial charge in [0.05, 0.1) is 0 Å². The fourth-order valence-corrected chi connectivity index (χ4v) is 2.47. The molecular weight excluding hydrogens is 206 g/mol. The van der Waals surface area contributed by atoms with Gasteiger partial charge in [-0.15, -0.1) is 0 Å². The lowest BCUT2D eigenvalue weighted by atomic mass is 9.75. The third-order valence-corrected chi connectivity index (χ3v) is 3.69. The van der Waals surface area contributed by atoms with Gasteiger partial charge >= 0.3 is 5.97 Å². The number of hydrogen-bond acceptors (Lipinski definition) is 2. The van der Waals surface area contributed by atoms with Crippen molar-refractivity contribution in [1.82, 2.24) is 4.90 Å². The Bertz CT molecular complexity index is 305. The van der Waals surface area contributed by atoms with Crippen LogP contribution in [0.25, 0.3) is 0 Å². The van der Waals surface area contributed by atoms with Gasteiger partial charge in [-0.25, -0.2) is 4.79 Å². The van der Waals surface area contributed by atoms with Crippen LogP contribution in [0.4, 0.5) is 0 Å². The van der Waals surface area contributed by atoms with Crippen molar-refractivity contribution in [2.45, 2.75) is 51.6 Å². The van der Waals surface area contributed by atoms with Crippen LogP contribution in [0.1, 0.15) is 39.5 Å². The number of carbonyl (C=O) groups excluding carboxylic acids is 1. The highest BCUT2D eigenvalue weighted by atomic mass is 16.4. The van der Waals surface area contributed by atoms with Gasteiger partial charge in [0, 0.05) is 12.0 Å². The Morgan fingerprint density at radius 1 is 1.31 bits per heavy atom. The van der Waals surface area contributed by atoms with E-state index in [-0.39, 0.29) is 17.9 Å². The average molecular weight is 225 g/mol. The molecule has 0 saturated heterocycles. The van der Waals surface area contributed by atoms with Crippen LogP contribution >= 0.6 is 0 Å². The zero-order valence-electron chi connectivity index (χ0n) is 9.85. The molecule has 0 aromatic heterocycles. The van der Waals surface area contributed by atoms with Gasteiger partial charge in [-0.2, -0.15) is 0 Å². The van der Waals surface area contributed by atoms with Crippen LogP contribution in [0.3, 0.4) is 0 Å². The topological polar surface area (TPSA) is 57.6 Å². The zero-order chi connectivity index (χ0) is 11.9. The number of aliphatic carboxylic acids is 1. The predicted octanol–water partition coefficient (Wildman–Crippen LogP) is 1.50. The molecule has 2 aliphatic rings. The molecule has 0 aromatic rings. The number of rotatable bonds is 4. The van der Waals surface area contributed by atoms with Gasteiger partial charge in [0.2, 0.25) is 5.91 Å². The SMILES string of the molecule is CC1CC(C(=O)N(C2CC2)C(C)C(=O)O)C1. The molecular formula is C12H19NO3. The Labute approximate surface area is 95.6 Å². The molecule has 0 radical (unpaired) electrons. The van der Waals surface area contributed by atoms with E-state index in [1.807, 2.05) is 0 Å². The molecule has 2 aliphatic carbocycles. The normalized spacial score (nSPS) is 30.4. The third-order valence-electron chi connectivity index (χ3n) is 3.69. The molecule has 1 atom stereocenters. The van der Waals surface area contributed by atoms with Crippen LogP contribution in [0.2, 0.25) is 0 Å². The summed E-state index contributed by atoms with van der Waals surface area (Å²) in [5.41, 5.74) is 0. The Kier molecular flexibility index (Phi) is 2.91. The summed E-state index contributed by atoms with van der Waals surface area (Å²) in [6.45, 7) is 3.74. The number of carboxylic acids is 1. The first-order valence-corrected chi connectivity index (χ1v) is 6.05. The summed E-state index contributed by atoms with van der Waals surface area (Å²) in [6.07, 6.45) is 3.78. The molecule has 90 valence electrons. The van der Waals surface area contributed by atoms with E-state index in [1.165, 1.54) is 0 Å². The smallest absolute Gasteiger partial charge is 0.326 e. The molecule has 0 heterocycles. The molecule has 16 heavy (non-hydrogen) atoms. The molecule has 4 nitrogen and oxygen atoms in total. The molecule has 4 heteroatoms. The molecule has 2 saturated carbocycles. The van der Waals surface area contributed by atoms with E-state index in [1.54, 1.807) is 11.8 Å². The second-order valence-corrected chi connectivity index (χ2v) is 5.26.